The van der Waals surface area contributed by atoms with E-state index in [-0.39, 0.29) is 23.6 Å². The summed E-state index contributed by atoms with van der Waals surface area (Å²) in [7, 11) is -3.12. The van der Waals surface area contributed by atoms with Gasteiger partial charge in [-0.1, -0.05) is 0 Å². The monoisotopic (exact) mass is 437 g/mol. The van der Waals surface area contributed by atoms with Crippen molar-refractivity contribution >= 4 is 50.0 Å². The van der Waals surface area contributed by atoms with Crippen molar-refractivity contribution in [2.75, 3.05) is 17.3 Å². The average molecular weight is 437 g/mol. The minimum absolute atomic E-state index is 0.0140. The van der Waals surface area contributed by atoms with E-state index in [4.69, 9.17) is 5.11 Å². The number of carbonyl (C=O) groups excluding carboxylic acids is 1. The van der Waals surface area contributed by atoms with Gasteiger partial charge in [0.25, 0.3) is 0 Å². The van der Waals surface area contributed by atoms with Crippen LogP contribution in [0.15, 0.2) is 18.2 Å². The number of hydrogen-bond donors (Lipinski definition) is 2. The van der Waals surface area contributed by atoms with E-state index in [2.05, 4.69) is 5.32 Å². The molecular weight excluding hydrogens is 421 g/mol. The Morgan fingerprint density at radius 1 is 1.32 bits per heavy atom. The van der Waals surface area contributed by atoms with Crippen molar-refractivity contribution in [2.24, 2.45) is 5.41 Å². The van der Waals surface area contributed by atoms with Gasteiger partial charge < -0.3 is 10.4 Å². The third-order valence-electron chi connectivity index (χ3n) is 3.49. The number of sulfone groups is 1. The lowest BCUT2D eigenvalue weighted by Crippen LogP contribution is -2.23. The van der Waals surface area contributed by atoms with Gasteiger partial charge in [0.1, 0.15) is 9.84 Å². The number of carboxylic acid groups (broad SMARTS) is 1. The number of aromatic carboxylic acids is 1. The van der Waals surface area contributed by atoms with Crippen LogP contribution in [0.3, 0.4) is 0 Å². The van der Waals surface area contributed by atoms with Crippen molar-refractivity contribution in [3.8, 4) is 0 Å². The van der Waals surface area contributed by atoms with Crippen LogP contribution in [0.4, 0.5) is 5.69 Å². The zero-order valence-corrected chi connectivity index (χ0v) is 14.9. The quantitative estimate of drug-likeness (QED) is 0.665. The largest absolute Gasteiger partial charge is 0.478 e. The summed E-state index contributed by atoms with van der Waals surface area (Å²) in [5.74, 6) is -1.34. The first kappa shape index (κ1) is 17.2. The number of hydrogen-bond acceptors (Lipinski definition) is 4. The highest BCUT2D eigenvalue weighted by Crippen LogP contribution is 2.49. The molecule has 1 aromatic rings. The molecule has 1 aromatic carbocycles. The highest BCUT2D eigenvalue weighted by atomic mass is 127. The molecule has 22 heavy (non-hydrogen) atoms. The molecule has 0 radical (unpaired) electrons. The van der Waals surface area contributed by atoms with Gasteiger partial charge in [0.15, 0.2) is 0 Å². The van der Waals surface area contributed by atoms with Crippen molar-refractivity contribution in [1.29, 1.82) is 0 Å². The van der Waals surface area contributed by atoms with Gasteiger partial charge in [-0.2, -0.15) is 0 Å². The van der Waals surface area contributed by atoms with Crippen LogP contribution in [-0.4, -0.2) is 37.4 Å². The molecule has 1 amide bonds. The lowest BCUT2D eigenvalue weighted by molar-refractivity contribution is -0.117. The summed E-state index contributed by atoms with van der Waals surface area (Å²) < 4.78 is 23.5. The van der Waals surface area contributed by atoms with Crippen LogP contribution in [0.5, 0.6) is 0 Å². The minimum atomic E-state index is -3.12. The molecule has 0 atom stereocenters. The molecule has 6 nitrogen and oxygen atoms in total. The van der Waals surface area contributed by atoms with Gasteiger partial charge in [-0.05, 0) is 59.0 Å². The van der Waals surface area contributed by atoms with E-state index in [9.17, 15) is 18.0 Å². The second-order valence-electron chi connectivity index (χ2n) is 5.83. The van der Waals surface area contributed by atoms with E-state index >= 15 is 0 Å². The Labute approximate surface area is 142 Å². The molecule has 120 valence electrons. The summed E-state index contributed by atoms with van der Waals surface area (Å²) in [6, 6.07) is 4.56. The summed E-state index contributed by atoms with van der Waals surface area (Å²) in [6.07, 6.45) is 2.75. The fraction of sp³-hybridized carbons (Fsp3) is 0.429. The van der Waals surface area contributed by atoms with E-state index < -0.39 is 21.2 Å². The predicted molar refractivity (Wildman–Crippen MR) is 90.7 cm³/mol. The molecule has 1 saturated carbocycles. The maximum Gasteiger partial charge on any atom is 0.335 e. The third kappa shape index (κ3) is 4.94. The number of carboxylic acids is 1. The van der Waals surface area contributed by atoms with E-state index in [1.807, 2.05) is 22.6 Å². The van der Waals surface area contributed by atoms with Gasteiger partial charge >= 0.3 is 5.97 Å². The molecule has 2 rings (SSSR count). The Morgan fingerprint density at radius 3 is 2.45 bits per heavy atom. The molecule has 0 spiro atoms. The first-order chi connectivity index (χ1) is 10.1. The molecule has 0 aliphatic heterocycles. The molecule has 8 heteroatoms. The zero-order valence-electron chi connectivity index (χ0n) is 11.9. The molecule has 0 aromatic heterocycles. The molecule has 1 fully saturated rings. The lowest BCUT2D eigenvalue weighted by atomic mass is 10.0. The van der Waals surface area contributed by atoms with Crippen LogP contribution >= 0.6 is 22.6 Å². The number of carbonyl (C=O) groups is 2. The van der Waals surface area contributed by atoms with E-state index in [1.165, 1.54) is 18.4 Å². The van der Waals surface area contributed by atoms with Gasteiger partial charge in [-0.3, -0.25) is 4.79 Å². The Kier molecular flexibility index (Phi) is 4.81. The lowest BCUT2D eigenvalue weighted by Gasteiger charge is -2.14. The van der Waals surface area contributed by atoms with Crippen LogP contribution < -0.4 is 5.32 Å². The van der Waals surface area contributed by atoms with Gasteiger partial charge in [0.2, 0.25) is 5.91 Å². The van der Waals surface area contributed by atoms with Crippen LogP contribution in [0.25, 0.3) is 0 Å². The number of halogens is 1. The molecule has 0 bridgehead atoms. The third-order valence-corrected chi connectivity index (χ3v) is 5.25. The van der Waals surface area contributed by atoms with Crippen molar-refractivity contribution in [2.45, 2.75) is 19.3 Å². The van der Waals surface area contributed by atoms with Gasteiger partial charge in [-0.15, -0.1) is 0 Å². The normalized spacial score (nSPS) is 16.1. The Morgan fingerprint density at radius 2 is 1.95 bits per heavy atom. The second-order valence-corrected chi connectivity index (χ2v) is 9.21. The summed E-state index contributed by atoms with van der Waals surface area (Å²) in [5.41, 5.74) is 0.0545. The molecule has 1 aliphatic rings. The summed E-state index contributed by atoms with van der Waals surface area (Å²) in [4.78, 5) is 23.1. The fourth-order valence-electron chi connectivity index (χ4n) is 2.44. The number of benzene rings is 1. The molecule has 0 heterocycles. The number of rotatable bonds is 6. The Bertz CT molecular complexity index is 725. The molecule has 0 saturated heterocycles. The standard InChI is InChI=1S/C14H16INO5S/c1-22(20,21)8-14(2-3-14)7-12(17)16-11-5-9(13(18)19)4-10(15)6-11/h4-6H,2-3,7-8H2,1H3,(H,16,17)(H,18,19). The van der Waals surface area contributed by atoms with E-state index in [0.29, 0.717) is 9.26 Å². The van der Waals surface area contributed by atoms with E-state index in [1.54, 1.807) is 6.07 Å². The van der Waals surface area contributed by atoms with Crippen molar-refractivity contribution in [3.63, 3.8) is 0 Å². The van der Waals surface area contributed by atoms with Crippen LogP contribution in [0.2, 0.25) is 0 Å². The van der Waals surface area contributed by atoms with E-state index in [0.717, 1.165) is 12.8 Å². The molecular formula is C14H16INO5S. The molecule has 1 aliphatic carbocycles. The smallest absolute Gasteiger partial charge is 0.335 e. The fourth-order valence-corrected chi connectivity index (χ4v) is 4.61. The Balaban J connectivity index is 2.05. The second kappa shape index (κ2) is 6.15. The maximum absolute atomic E-state index is 12.1. The maximum atomic E-state index is 12.1. The van der Waals surface area contributed by atoms with Gasteiger partial charge in [0, 0.05) is 21.9 Å². The number of anilines is 1. The van der Waals surface area contributed by atoms with Crippen LogP contribution in [-0.2, 0) is 14.6 Å². The van der Waals surface area contributed by atoms with Crippen molar-refractivity contribution < 1.29 is 23.1 Å². The topological polar surface area (TPSA) is 101 Å². The first-order valence-corrected chi connectivity index (χ1v) is 9.74. The van der Waals surface area contributed by atoms with Gasteiger partial charge in [-0.25, -0.2) is 13.2 Å². The van der Waals surface area contributed by atoms with Crippen molar-refractivity contribution in [1.82, 2.24) is 0 Å². The van der Waals surface area contributed by atoms with Gasteiger partial charge in [0.05, 0.1) is 11.3 Å². The highest BCUT2D eigenvalue weighted by molar-refractivity contribution is 14.1. The Hall–Kier alpha value is -1.16. The predicted octanol–water partition coefficient (Wildman–Crippen LogP) is 2.14. The number of amides is 1. The number of nitrogens with one attached hydrogen (secondary N) is 1. The summed E-state index contributed by atoms with van der Waals surface area (Å²) >= 11 is 1.98. The van der Waals surface area contributed by atoms with Crippen LogP contribution in [0.1, 0.15) is 29.6 Å². The minimum Gasteiger partial charge on any atom is -0.478 e. The molecule has 2 N–H and O–H groups in total. The summed E-state index contributed by atoms with van der Waals surface area (Å²) in [5, 5.41) is 11.7. The SMILES string of the molecule is CS(=O)(=O)CC1(CC(=O)Nc2cc(I)cc(C(=O)O)c2)CC1. The average Bonchev–Trinajstić information content (AvgIpc) is 3.04. The van der Waals surface area contributed by atoms with Crippen molar-refractivity contribution in [3.05, 3.63) is 27.3 Å². The summed E-state index contributed by atoms with van der Waals surface area (Å²) in [6.45, 7) is 0. The first-order valence-electron chi connectivity index (χ1n) is 6.60. The zero-order chi connectivity index (χ0) is 16.5. The molecule has 0 unspecified atom stereocenters. The van der Waals surface area contributed by atoms with Crippen LogP contribution in [0, 0.1) is 8.99 Å². The highest BCUT2D eigenvalue weighted by Gasteiger charge is 2.46.